The number of aromatic nitrogens is 1. The van der Waals surface area contributed by atoms with Gasteiger partial charge in [-0.05, 0) is 60.7 Å². The SMILES string of the molecule is Cc1ccc2nc(-c3ccc(CNC(=O)C4(c5ccccc5)CCCC4)cc3)oc2c1. The molecule has 4 aromatic rings. The van der Waals surface area contributed by atoms with Crippen LogP contribution in [0.1, 0.15) is 42.4 Å². The van der Waals surface area contributed by atoms with E-state index in [1.54, 1.807) is 0 Å². The highest BCUT2D eigenvalue weighted by atomic mass is 16.3. The van der Waals surface area contributed by atoms with E-state index >= 15 is 0 Å². The molecule has 0 radical (unpaired) electrons. The highest BCUT2D eigenvalue weighted by Gasteiger charge is 2.42. The van der Waals surface area contributed by atoms with Crippen LogP contribution in [0.3, 0.4) is 0 Å². The number of carbonyl (C=O) groups excluding carboxylic acids is 1. The summed E-state index contributed by atoms with van der Waals surface area (Å²) < 4.78 is 5.92. The van der Waals surface area contributed by atoms with Crippen molar-refractivity contribution >= 4 is 17.0 Å². The molecule has 4 nitrogen and oxygen atoms in total. The lowest BCUT2D eigenvalue weighted by Crippen LogP contribution is -2.42. The Hall–Kier alpha value is -3.40. The third-order valence-electron chi connectivity index (χ3n) is 6.42. The molecule has 0 bridgehead atoms. The van der Waals surface area contributed by atoms with E-state index in [1.165, 1.54) is 0 Å². The van der Waals surface area contributed by atoms with Crippen LogP contribution in [0.2, 0.25) is 0 Å². The first-order valence-corrected chi connectivity index (χ1v) is 10.9. The van der Waals surface area contributed by atoms with Gasteiger partial charge in [-0.25, -0.2) is 4.98 Å². The van der Waals surface area contributed by atoms with Gasteiger partial charge in [0, 0.05) is 12.1 Å². The number of nitrogens with one attached hydrogen (secondary N) is 1. The second kappa shape index (κ2) is 8.03. The minimum atomic E-state index is -0.391. The van der Waals surface area contributed by atoms with E-state index in [0.29, 0.717) is 12.4 Å². The zero-order chi connectivity index (χ0) is 21.3. The average Bonchev–Trinajstić information content (AvgIpc) is 3.46. The molecule has 1 fully saturated rings. The molecule has 5 rings (SSSR count). The van der Waals surface area contributed by atoms with Gasteiger partial charge >= 0.3 is 0 Å². The number of nitrogens with zero attached hydrogens (tertiary/aromatic N) is 1. The summed E-state index contributed by atoms with van der Waals surface area (Å²) in [4.78, 5) is 17.8. The lowest BCUT2D eigenvalue weighted by Gasteiger charge is -2.28. The van der Waals surface area contributed by atoms with E-state index in [0.717, 1.165) is 59.0 Å². The summed E-state index contributed by atoms with van der Waals surface area (Å²) in [5.41, 5.74) is 5.54. The number of oxazole rings is 1. The van der Waals surface area contributed by atoms with Crippen molar-refractivity contribution in [2.75, 3.05) is 0 Å². The molecule has 1 N–H and O–H groups in total. The average molecular weight is 411 g/mol. The van der Waals surface area contributed by atoms with Gasteiger partial charge in [-0.2, -0.15) is 0 Å². The Labute approximate surface area is 182 Å². The molecule has 0 spiro atoms. The normalized spacial score (nSPS) is 15.3. The monoisotopic (exact) mass is 410 g/mol. The van der Waals surface area contributed by atoms with Crippen LogP contribution < -0.4 is 5.32 Å². The van der Waals surface area contributed by atoms with E-state index in [1.807, 2.05) is 67.6 Å². The van der Waals surface area contributed by atoms with Gasteiger partial charge < -0.3 is 9.73 Å². The molecular weight excluding hydrogens is 384 g/mol. The summed E-state index contributed by atoms with van der Waals surface area (Å²) in [6, 6.07) is 24.3. The summed E-state index contributed by atoms with van der Waals surface area (Å²) in [5.74, 6) is 0.750. The van der Waals surface area contributed by atoms with E-state index in [-0.39, 0.29) is 5.91 Å². The predicted octanol–water partition coefficient (Wildman–Crippen LogP) is 5.93. The van der Waals surface area contributed by atoms with Crippen LogP contribution in [0.4, 0.5) is 0 Å². The van der Waals surface area contributed by atoms with Crippen LogP contribution in [-0.2, 0) is 16.8 Å². The molecule has 1 heterocycles. The molecule has 1 aliphatic rings. The molecule has 0 saturated heterocycles. The molecule has 31 heavy (non-hydrogen) atoms. The Kier molecular flexibility index (Phi) is 5.06. The molecule has 4 heteroatoms. The fourth-order valence-corrected chi connectivity index (χ4v) is 4.65. The number of benzene rings is 3. The van der Waals surface area contributed by atoms with Gasteiger partial charge in [0.05, 0.1) is 5.41 Å². The summed E-state index contributed by atoms with van der Waals surface area (Å²) in [5, 5.41) is 3.19. The van der Waals surface area contributed by atoms with Gasteiger partial charge in [0.2, 0.25) is 11.8 Å². The molecule has 1 amide bonds. The number of rotatable bonds is 5. The van der Waals surface area contributed by atoms with Crippen molar-refractivity contribution in [3.8, 4) is 11.5 Å². The predicted molar refractivity (Wildman–Crippen MR) is 123 cm³/mol. The Morgan fingerprint density at radius 3 is 2.48 bits per heavy atom. The first-order valence-electron chi connectivity index (χ1n) is 10.9. The number of hydrogen-bond donors (Lipinski definition) is 1. The van der Waals surface area contributed by atoms with Crippen molar-refractivity contribution in [3.05, 3.63) is 89.5 Å². The van der Waals surface area contributed by atoms with Gasteiger partial charge in [0.1, 0.15) is 5.52 Å². The molecule has 1 saturated carbocycles. The number of fused-ring (bicyclic) bond motifs is 1. The Morgan fingerprint density at radius 2 is 1.74 bits per heavy atom. The molecular formula is C27H26N2O2. The molecule has 0 atom stereocenters. The van der Waals surface area contributed by atoms with Crippen LogP contribution in [0.25, 0.3) is 22.6 Å². The second-order valence-corrected chi connectivity index (χ2v) is 8.53. The molecule has 0 unspecified atom stereocenters. The maximum Gasteiger partial charge on any atom is 0.230 e. The number of carbonyl (C=O) groups is 1. The molecule has 156 valence electrons. The van der Waals surface area contributed by atoms with E-state index in [4.69, 9.17) is 4.42 Å². The fraction of sp³-hybridized carbons (Fsp3) is 0.259. The molecule has 0 aliphatic heterocycles. The van der Waals surface area contributed by atoms with Crippen molar-refractivity contribution in [3.63, 3.8) is 0 Å². The van der Waals surface area contributed by atoms with Crippen molar-refractivity contribution < 1.29 is 9.21 Å². The highest BCUT2D eigenvalue weighted by molar-refractivity contribution is 5.88. The summed E-state index contributed by atoms with van der Waals surface area (Å²) in [6.07, 6.45) is 4.03. The van der Waals surface area contributed by atoms with E-state index < -0.39 is 5.41 Å². The maximum atomic E-state index is 13.2. The highest BCUT2D eigenvalue weighted by Crippen LogP contribution is 2.41. The maximum absolute atomic E-state index is 13.2. The smallest absolute Gasteiger partial charge is 0.230 e. The first kappa shape index (κ1) is 19.6. The van der Waals surface area contributed by atoms with Crippen molar-refractivity contribution in [2.24, 2.45) is 0 Å². The second-order valence-electron chi connectivity index (χ2n) is 8.53. The number of amides is 1. The van der Waals surface area contributed by atoms with Gasteiger partial charge in [-0.3, -0.25) is 4.79 Å². The largest absolute Gasteiger partial charge is 0.436 e. The van der Waals surface area contributed by atoms with Crippen molar-refractivity contribution in [1.82, 2.24) is 10.3 Å². The van der Waals surface area contributed by atoms with Gasteiger partial charge in [0.25, 0.3) is 0 Å². The lowest BCUT2D eigenvalue weighted by molar-refractivity contribution is -0.126. The Bertz CT molecular complexity index is 1200. The van der Waals surface area contributed by atoms with Crippen LogP contribution >= 0.6 is 0 Å². The standard InChI is InChI=1S/C27H26N2O2/c1-19-9-14-23-24(17-19)31-25(29-23)21-12-10-20(11-13-21)18-28-26(30)27(15-5-6-16-27)22-7-3-2-4-8-22/h2-4,7-14,17H,5-6,15-16,18H2,1H3,(H,28,30). The number of hydrogen-bond acceptors (Lipinski definition) is 3. The Morgan fingerprint density at radius 1 is 1.00 bits per heavy atom. The summed E-state index contributed by atoms with van der Waals surface area (Å²) >= 11 is 0. The van der Waals surface area contributed by atoms with Crippen molar-refractivity contribution in [1.29, 1.82) is 0 Å². The lowest BCUT2D eigenvalue weighted by atomic mass is 9.78. The van der Waals surface area contributed by atoms with Crippen molar-refractivity contribution in [2.45, 2.75) is 44.6 Å². The van der Waals surface area contributed by atoms with Crippen LogP contribution in [0.5, 0.6) is 0 Å². The Balaban J connectivity index is 1.30. The third-order valence-corrected chi connectivity index (χ3v) is 6.42. The summed E-state index contributed by atoms with van der Waals surface area (Å²) in [7, 11) is 0. The number of aryl methyl sites for hydroxylation is 1. The molecule has 1 aromatic heterocycles. The van der Waals surface area contributed by atoms with Gasteiger partial charge in [0.15, 0.2) is 5.58 Å². The quantitative estimate of drug-likeness (QED) is 0.443. The van der Waals surface area contributed by atoms with Gasteiger partial charge in [-0.15, -0.1) is 0 Å². The summed E-state index contributed by atoms with van der Waals surface area (Å²) in [6.45, 7) is 2.55. The van der Waals surface area contributed by atoms with Crippen LogP contribution in [-0.4, -0.2) is 10.9 Å². The first-order chi connectivity index (χ1) is 15.1. The third kappa shape index (κ3) is 3.74. The zero-order valence-electron chi connectivity index (χ0n) is 17.7. The molecule has 1 aliphatic carbocycles. The van der Waals surface area contributed by atoms with Crippen LogP contribution in [0, 0.1) is 6.92 Å². The van der Waals surface area contributed by atoms with Gasteiger partial charge in [-0.1, -0.05) is 61.4 Å². The fourth-order valence-electron chi connectivity index (χ4n) is 4.65. The van der Waals surface area contributed by atoms with E-state index in [2.05, 4.69) is 22.4 Å². The molecule has 3 aromatic carbocycles. The topological polar surface area (TPSA) is 55.1 Å². The van der Waals surface area contributed by atoms with E-state index in [9.17, 15) is 4.79 Å². The minimum Gasteiger partial charge on any atom is -0.436 e. The zero-order valence-corrected chi connectivity index (χ0v) is 17.7. The van der Waals surface area contributed by atoms with Crippen LogP contribution in [0.15, 0.2) is 77.2 Å². The minimum absolute atomic E-state index is 0.134.